The van der Waals surface area contributed by atoms with E-state index in [4.69, 9.17) is 0 Å². The highest BCUT2D eigenvalue weighted by atomic mass is 16.2. The van der Waals surface area contributed by atoms with Crippen LogP contribution in [0.5, 0.6) is 0 Å². The number of nitrogens with one attached hydrogen (secondary N) is 1. The molecule has 0 aliphatic rings. The van der Waals surface area contributed by atoms with Gasteiger partial charge in [0.15, 0.2) is 11.5 Å². The molecule has 25 heavy (non-hydrogen) atoms. The molecule has 3 rings (SSSR count). The highest BCUT2D eigenvalue weighted by molar-refractivity contribution is 6.04. The maximum absolute atomic E-state index is 12.6. The molecule has 2 aromatic carbocycles. The van der Waals surface area contributed by atoms with Crippen molar-refractivity contribution < 1.29 is 9.59 Å². The van der Waals surface area contributed by atoms with Gasteiger partial charge in [-0.1, -0.05) is 42.5 Å². The fraction of sp³-hybridized carbons (Fsp3) is 0.158. The second kappa shape index (κ2) is 7.09. The maximum Gasteiger partial charge on any atom is 0.278 e. The van der Waals surface area contributed by atoms with E-state index >= 15 is 0 Å². The molecule has 6 heteroatoms. The van der Waals surface area contributed by atoms with Crippen molar-refractivity contribution in [2.45, 2.75) is 20.3 Å². The van der Waals surface area contributed by atoms with E-state index in [1.165, 1.54) is 6.92 Å². The quantitative estimate of drug-likeness (QED) is 0.726. The van der Waals surface area contributed by atoms with Crippen LogP contribution in [0.1, 0.15) is 40.4 Å². The van der Waals surface area contributed by atoms with Gasteiger partial charge in [0.25, 0.3) is 5.91 Å². The minimum absolute atomic E-state index is 0.0552. The number of nitrogens with zero attached hydrogens (tertiary/aromatic N) is 3. The smallest absolute Gasteiger partial charge is 0.278 e. The van der Waals surface area contributed by atoms with Crippen molar-refractivity contribution in [3.63, 3.8) is 0 Å². The van der Waals surface area contributed by atoms with Crippen LogP contribution in [0.4, 0.5) is 5.69 Å². The number of carbonyl (C=O) groups is 2. The van der Waals surface area contributed by atoms with Crippen LogP contribution < -0.4 is 5.32 Å². The third-order valence-electron chi connectivity index (χ3n) is 3.84. The lowest BCUT2D eigenvalue weighted by Gasteiger charge is -2.07. The van der Waals surface area contributed by atoms with E-state index in [2.05, 4.69) is 15.6 Å². The minimum atomic E-state index is -0.347. The van der Waals surface area contributed by atoms with Gasteiger partial charge >= 0.3 is 0 Å². The first kappa shape index (κ1) is 16.6. The number of amides is 1. The number of rotatable bonds is 5. The number of para-hydroxylation sites is 1. The highest BCUT2D eigenvalue weighted by Gasteiger charge is 2.19. The van der Waals surface area contributed by atoms with Gasteiger partial charge in [0, 0.05) is 11.3 Å². The molecule has 0 saturated carbocycles. The van der Waals surface area contributed by atoms with Crippen molar-refractivity contribution in [2.24, 2.45) is 0 Å². The number of ketones is 1. The zero-order valence-electron chi connectivity index (χ0n) is 14.1. The zero-order valence-corrected chi connectivity index (χ0v) is 14.1. The molecule has 1 heterocycles. The van der Waals surface area contributed by atoms with Crippen LogP contribution in [0.15, 0.2) is 54.6 Å². The largest absolute Gasteiger partial charge is 0.321 e. The zero-order chi connectivity index (χ0) is 17.8. The monoisotopic (exact) mass is 334 g/mol. The average molecular weight is 334 g/mol. The molecule has 1 aromatic heterocycles. The standard InChI is InChI=1S/C19H18N4O2/c1-3-17-18(21-22-23(17)16-10-5-4-6-11-16)19(25)20-15-9-7-8-14(12-15)13(2)24/h4-12H,3H2,1-2H3,(H,20,25). The van der Waals surface area contributed by atoms with Crippen molar-refractivity contribution in [2.75, 3.05) is 5.32 Å². The highest BCUT2D eigenvalue weighted by Crippen LogP contribution is 2.16. The first-order valence-corrected chi connectivity index (χ1v) is 8.02. The molecule has 1 N–H and O–H groups in total. The number of anilines is 1. The summed E-state index contributed by atoms with van der Waals surface area (Å²) in [6, 6.07) is 16.4. The van der Waals surface area contributed by atoms with Crippen LogP contribution in [0.3, 0.4) is 0 Å². The number of hydrogen-bond donors (Lipinski definition) is 1. The molecule has 0 bridgehead atoms. The topological polar surface area (TPSA) is 76.9 Å². The maximum atomic E-state index is 12.6. The van der Waals surface area contributed by atoms with Gasteiger partial charge < -0.3 is 5.32 Å². The number of hydrogen-bond acceptors (Lipinski definition) is 4. The van der Waals surface area contributed by atoms with E-state index in [1.807, 2.05) is 37.3 Å². The van der Waals surface area contributed by atoms with E-state index in [0.717, 1.165) is 11.4 Å². The van der Waals surface area contributed by atoms with E-state index in [0.29, 0.717) is 17.7 Å². The van der Waals surface area contributed by atoms with E-state index in [-0.39, 0.29) is 17.4 Å². The number of Topliss-reactive ketones (excluding diaryl/α,β-unsaturated/α-hetero) is 1. The molecule has 0 atom stereocenters. The van der Waals surface area contributed by atoms with Crippen LogP contribution in [0.25, 0.3) is 5.69 Å². The molecule has 126 valence electrons. The molecular formula is C19H18N4O2. The molecule has 0 spiro atoms. The Morgan fingerprint density at radius 1 is 1.08 bits per heavy atom. The molecule has 0 aliphatic carbocycles. The summed E-state index contributed by atoms with van der Waals surface area (Å²) in [5, 5.41) is 11.0. The van der Waals surface area contributed by atoms with Crippen molar-refractivity contribution in [1.82, 2.24) is 15.0 Å². The van der Waals surface area contributed by atoms with Crippen LogP contribution in [0, 0.1) is 0 Å². The molecule has 3 aromatic rings. The number of aromatic nitrogens is 3. The van der Waals surface area contributed by atoms with E-state index in [1.54, 1.807) is 28.9 Å². The lowest BCUT2D eigenvalue weighted by Crippen LogP contribution is -2.15. The Morgan fingerprint density at radius 2 is 1.84 bits per heavy atom. The molecular weight excluding hydrogens is 316 g/mol. The molecule has 1 amide bonds. The van der Waals surface area contributed by atoms with Gasteiger partial charge in [-0.3, -0.25) is 9.59 Å². The summed E-state index contributed by atoms with van der Waals surface area (Å²) in [5.74, 6) is -0.403. The second-order valence-electron chi connectivity index (χ2n) is 5.58. The summed E-state index contributed by atoms with van der Waals surface area (Å²) in [6.45, 7) is 3.44. The fourth-order valence-corrected chi connectivity index (χ4v) is 2.58. The Balaban J connectivity index is 1.89. The van der Waals surface area contributed by atoms with Gasteiger partial charge in [0.2, 0.25) is 0 Å². The van der Waals surface area contributed by atoms with Gasteiger partial charge in [0.1, 0.15) is 0 Å². The van der Waals surface area contributed by atoms with Gasteiger partial charge in [-0.25, -0.2) is 4.68 Å². The number of benzene rings is 2. The average Bonchev–Trinajstić information content (AvgIpc) is 3.06. The molecule has 0 fully saturated rings. The van der Waals surface area contributed by atoms with Gasteiger partial charge in [-0.2, -0.15) is 0 Å². The Morgan fingerprint density at radius 3 is 2.52 bits per heavy atom. The minimum Gasteiger partial charge on any atom is -0.321 e. The fourth-order valence-electron chi connectivity index (χ4n) is 2.58. The van der Waals surface area contributed by atoms with Crippen molar-refractivity contribution >= 4 is 17.4 Å². The van der Waals surface area contributed by atoms with E-state index in [9.17, 15) is 9.59 Å². The summed E-state index contributed by atoms with van der Waals surface area (Å²) in [5.41, 5.74) is 2.95. The molecule has 0 unspecified atom stereocenters. The lowest BCUT2D eigenvalue weighted by molar-refractivity contribution is 0.100. The predicted molar refractivity (Wildman–Crippen MR) is 95.1 cm³/mol. The summed E-state index contributed by atoms with van der Waals surface area (Å²) < 4.78 is 1.67. The Hall–Kier alpha value is -3.28. The summed E-state index contributed by atoms with van der Waals surface area (Å²) >= 11 is 0. The third-order valence-corrected chi connectivity index (χ3v) is 3.84. The van der Waals surface area contributed by atoms with Crippen molar-refractivity contribution in [1.29, 1.82) is 0 Å². The van der Waals surface area contributed by atoms with E-state index < -0.39 is 0 Å². The van der Waals surface area contributed by atoms with Gasteiger partial charge in [-0.05, 0) is 37.6 Å². The molecule has 6 nitrogen and oxygen atoms in total. The molecule has 0 radical (unpaired) electrons. The second-order valence-corrected chi connectivity index (χ2v) is 5.58. The third kappa shape index (κ3) is 3.47. The lowest BCUT2D eigenvalue weighted by atomic mass is 10.1. The van der Waals surface area contributed by atoms with Crippen LogP contribution >= 0.6 is 0 Å². The van der Waals surface area contributed by atoms with Gasteiger partial charge in [-0.15, -0.1) is 5.10 Å². The molecule has 0 aliphatic heterocycles. The predicted octanol–water partition coefficient (Wildman–Crippen LogP) is 3.28. The Bertz CT molecular complexity index is 916. The first-order valence-electron chi connectivity index (χ1n) is 8.02. The normalized spacial score (nSPS) is 10.5. The SMILES string of the molecule is CCc1c(C(=O)Nc2cccc(C(C)=O)c2)nnn1-c1ccccc1. The summed E-state index contributed by atoms with van der Waals surface area (Å²) in [7, 11) is 0. The van der Waals surface area contributed by atoms with Crippen LogP contribution in [0.2, 0.25) is 0 Å². The summed E-state index contributed by atoms with van der Waals surface area (Å²) in [4.78, 5) is 24.1. The Kier molecular flexibility index (Phi) is 4.70. The van der Waals surface area contributed by atoms with Crippen molar-refractivity contribution in [3.05, 3.63) is 71.5 Å². The van der Waals surface area contributed by atoms with Crippen LogP contribution in [-0.4, -0.2) is 26.7 Å². The number of carbonyl (C=O) groups excluding carboxylic acids is 2. The van der Waals surface area contributed by atoms with Crippen molar-refractivity contribution in [3.8, 4) is 5.69 Å². The Labute approximate surface area is 145 Å². The summed E-state index contributed by atoms with van der Waals surface area (Å²) in [6.07, 6.45) is 0.609. The first-order chi connectivity index (χ1) is 12.1. The van der Waals surface area contributed by atoms with Crippen LogP contribution in [-0.2, 0) is 6.42 Å². The molecule has 0 saturated heterocycles. The van der Waals surface area contributed by atoms with Gasteiger partial charge in [0.05, 0.1) is 11.4 Å².